The third-order valence-electron chi connectivity index (χ3n) is 3.51. The van der Waals surface area contributed by atoms with Crippen molar-refractivity contribution in [2.24, 2.45) is 0 Å². The van der Waals surface area contributed by atoms with Gasteiger partial charge in [-0.05, 0) is 35.9 Å². The number of halogens is 2. The van der Waals surface area contributed by atoms with E-state index in [0.717, 1.165) is 16.1 Å². The highest BCUT2D eigenvalue weighted by Crippen LogP contribution is 2.30. The fourth-order valence-corrected chi connectivity index (χ4v) is 3.62. The number of hydrogen-bond acceptors (Lipinski definition) is 4. The third kappa shape index (κ3) is 5.52. The zero-order chi connectivity index (χ0) is 19.3. The number of benzene rings is 2. The molecule has 6 nitrogen and oxygen atoms in total. The Morgan fingerprint density at radius 2 is 1.81 bits per heavy atom. The second kappa shape index (κ2) is 8.62. The van der Waals surface area contributed by atoms with Crippen LogP contribution in [0, 0.1) is 0 Å². The number of hydrogen-bond donors (Lipinski definition) is 1. The molecule has 26 heavy (non-hydrogen) atoms. The normalized spacial score (nSPS) is 11.1. The molecule has 0 radical (unpaired) electrons. The van der Waals surface area contributed by atoms with Crippen molar-refractivity contribution in [3.05, 3.63) is 58.1 Å². The summed E-state index contributed by atoms with van der Waals surface area (Å²) < 4.78 is 30.2. The Bertz CT molecular complexity index is 886. The van der Waals surface area contributed by atoms with E-state index in [2.05, 4.69) is 5.32 Å². The molecule has 0 bridgehead atoms. The molecule has 0 heterocycles. The van der Waals surface area contributed by atoms with E-state index in [0.29, 0.717) is 10.8 Å². The molecule has 2 aromatic carbocycles. The lowest BCUT2D eigenvalue weighted by Crippen LogP contribution is -2.40. The summed E-state index contributed by atoms with van der Waals surface area (Å²) >= 11 is 11.9. The standard InChI is InChI=1S/C17H18Cl2N2O4S/c1-25-14-6-3-12(4-7-14)10-20-17(22)11-21(26(2,23)24)16-8-5-13(18)9-15(16)19/h3-9H,10-11H2,1-2H3,(H,20,22). The molecule has 0 spiro atoms. The number of amides is 1. The monoisotopic (exact) mass is 416 g/mol. The van der Waals surface area contributed by atoms with Crippen LogP contribution in [0.5, 0.6) is 5.75 Å². The van der Waals surface area contributed by atoms with Crippen molar-refractivity contribution in [1.82, 2.24) is 5.32 Å². The number of rotatable bonds is 7. The van der Waals surface area contributed by atoms with E-state index in [1.165, 1.54) is 18.2 Å². The minimum absolute atomic E-state index is 0.144. The van der Waals surface area contributed by atoms with Gasteiger partial charge >= 0.3 is 0 Å². The number of sulfonamides is 1. The van der Waals surface area contributed by atoms with Crippen LogP contribution in [0.1, 0.15) is 5.56 Å². The van der Waals surface area contributed by atoms with Crippen molar-refractivity contribution in [3.8, 4) is 5.75 Å². The zero-order valence-corrected chi connectivity index (χ0v) is 16.5. The Morgan fingerprint density at radius 3 is 2.35 bits per heavy atom. The maximum atomic E-state index is 12.2. The van der Waals surface area contributed by atoms with E-state index < -0.39 is 22.5 Å². The first-order chi connectivity index (χ1) is 12.2. The Hall–Kier alpha value is -1.96. The largest absolute Gasteiger partial charge is 0.497 e. The van der Waals surface area contributed by atoms with Gasteiger partial charge in [0.15, 0.2) is 0 Å². The van der Waals surface area contributed by atoms with Gasteiger partial charge in [-0.25, -0.2) is 8.42 Å². The molecule has 0 aliphatic carbocycles. The van der Waals surface area contributed by atoms with Crippen LogP contribution >= 0.6 is 23.2 Å². The Kier molecular flexibility index (Phi) is 6.75. The topological polar surface area (TPSA) is 75.7 Å². The first kappa shape index (κ1) is 20.4. The lowest BCUT2D eigenvalue weighted by molar-refractivity contribution is -0.119. The highest BCUT2D eigenvalue weighted by molar-refractivity contribution is 7.92. The van der Waals surface area contributed by atoms with Gasteiger partial charge in [0.1, 0.15) is 12.3 Å². The summed E-state index contributed by atoms with van der Waals surface area (Å²) in [5.74, 6) is 0.248. The lowest BCUT2D eigenvalue weighted by atomic mass is 10.2. The molecule has 0 saturated carbocycles. The van der Waals surface area contributed by atoms with Gasteiger partial charge in [0.25, 0.3) is 0 Å². The molecule has 140 valence electrons. The molecule has 0 unspecified atom stereocenters. The molecule has 0 saturated heterocycles. The molecule has 2 aromatic rings. The minimum Gasteiger partial charge on any atom is -0.497 e. The molecule has 0 aliphatic rings. The predicted molar refractivity (Wildman–Crippen MR) is 103 cm³/mol. The van der Waals surface area contributed by atoms with Gasteiger partial charge in [-0.3, -0.25) is 9.10 Å². The molecular formula is C17H18Cl2N2O4S. The summed E-state index contributed by atoms with van der Waals surface area (Å²) in [5.41, 5.74) is 1.05. The molecule has 0 fully saturated rings. The van der Waals surface area contributed by atoms with Crippen LogP contribution in [0.3, 0.4) is 0 Å². The van der Waals surface area contributed by atoms with Crippen molar-refractivity contribution in [1.29, 1.82) is 0 Å². The first-order valence-electron chi connectivity index (χ1n) is 7.53. The van der Waals surface area contributed by atoms with Crippen LogP contribution in [0.25, 0.3) is 0 Å². The average Bonchev–Trinajstić information content (AvgIpc) is 2.58. The summed E-state index contributed by atoms with van der Waals surface area (Å²) in [6, 6.07) is 11.6. The Morgan fingerprint density at radius 1 is 1.15 bits per heavy atom. The van der Waals surface area contributed by atoms with E-state index in [1.54, 1.807) is 19.2 Å². The zero-order valence-electron chi connectivity index (χ0n) is 14.2. The Balaban J connectivity index is 2.09. The number of anilines is 1. The predicted octanol–water partition coefficient (Wildman–Crippen LogP) is 3.08. The van der Waals surface area contributed by atoms with Gasteiger partial charge in [-0.1, -0.05) is 35.3 Å². The minimum atomic E-state index is -3.71. The highest BCUT2D eigenvalue weighted by atomic mass is 35.5. The summed E-state index contributed by atoms with van der Waals surface area (Å²) in [6.45, 7) is -0.134. The van der Waals surface area contributed by atoms with Gasteiger partial charge in [-0.15, -0.1) is 0 Å². The third-order valence-corrected chi connectivity index (χ3v) is 5.18. The quantitative estimate of drug-likeness (QED) is 0.752. The van der Waals surface area contributed by atoms with Gasteiger partial charge in [-0.2, -0.15) is 0 Å². The number of nitrogens with one attached hydrogen (secondary N) is 1. The maximum Gasteiger partial charge on any atom is 0.241 e. The van der Waals surface area contributed by atoms with E-state index in [9.17, 15) is 13.2 Å². The smallest absolute Gasteiger partial charge is 0.241 e. The molecule has 2 rings (SSSR count). The van der Waals surface area contributed by atoms with Crippen LogP contribution in [0.15, 0.2) is 42.5 Å². The summed E-state index contributed by atoms with van der Waals surface area (Å²) in [4.78, 5) is 12.2. The maximum absolute atomic E-state index is 12.2. The van der Waals surface area contributed by atoms with Crippen molar-refractivity contribution in [3.63, 3.8) is 0 Å². The van der Waals surface area contributed by atoms with Crippen molar-refractivity contribution < 1.29 is 17.9 Å². The lowest BCUT2D eigenvalue weighted by Gasteiger charge is -2.23. The van der Waals surface area contributed by atoms with Crippen LogP contribution in [-0.2, 0) is 21.4 Å². The van der Waals surface area contributed by atoms with Crippen LogP contribution in [-0.4, -0.2) is 34.2 Å². The molecule has 1 N–H and O–H groups in total. The highest BCUT2D eigenvalue weighted by Gasteiger charge is 2.23. The first-order valence-corrected chi connectivity index (χ1v) is 10.1. The molecule has 0 aromatic heterocycles. The number of ether oxygens (including phenoxy) is 1. The average molecular weight is 417 g/mol. The van der Waals surface area contributed by atoms with Crippen molar-refractivity contribution in [2.45, 2.75) is 6.54 Å². The van der Waals surface area contributed by atoms with E-state index in [4.69, 9.17) is 27.9 Å². The second-order valence-electron chi connectivity index (χ2n) is 5.49. The van der Waals surface area contributed by atoms with E-state index >= 15 is 0 Å². The number of nitrogens with zero attached hydrogens (tertiary/aromatic N) is 1. The number of methoxy groups -OCH3 is 1. The summed E-state index contributed by atoms with van der Waals surface area (Å²) in [7, 11) is -2.14. The molecule has 9 heteroatoms. The fraction of sp³-hybridized carbons (Fsp3) is 0.235. The summed E-state index contributed by atoms with van der Waals surface area (Å²) in [6.07, 6.45) is 1.01. The molecule has 1 amide bonds. The van der Waals surface area contributed by atoms with Gasteiger partial charge in [0.05, 0.1) is 24.1 Å². The molecule has 0 atom stereocenters. The van der Waals surface area contributed by atoms with Gasteiger partial charge in [0, 0.05) is 11.6 Å². The van der Waals surface area contributed by atoms with Crippen LogP contribution in [0.2, 0.25) is 10.0 Å². The molecular weight excluding hydrogens is 399 g/mol. The van der Waals surface area contributed by atoms with Crippen LogP contribution < -0.4 is 14.4 Å². The van der Waals surface area contributed by atoms with Crippen LogP contribution in [0.4, 0.5) is 5.69 Å². The van der Waals surface area contributed by atoms with Gasteiger partial charge in [0.2, 0.25) is 15.9 Å². The van der Waals surface area contributed by atoms with Gasteiger partial charge < -0.3 is 10.1 Å². The molecule has 0 aliphatic heterocycles. The summed E-state index contributed by atoms with van der Waals surface area (Å²) in [5, 5.41) is 3.20. The number of carbonyl (C=O) groups excluding carboxylic acids is 1. The van der Waals surface area contributed by atoms with E-state index in [-0.39, 0.29) is 17.3 Å². The second-order valence-corrected chi connectivity index (χ2v) is 8.24. The SMILES string of the molecule is COc1ccc(CNC(=O)CN(c2ccc(Cl)cc2Cl)S(C)(=O)=O)cc1. The number of carbonyl (C=O) groups is 1. The van der Waals surface area contributed by atoms with Crippen molar-refractivity contribution in [2.75, 3.05) is 24.2 Å². The Labute approximate surface area is 162 Å². The van der Waals surface area contributed by atoms with Crippen molar-refractivity contribution >= 4 is 44.8 Å². The van der Waals surface area contributed by atoms with E-state index in [1.807, 2.05) is 12.1 Å². The fourth-order valence-electron chi connectivity index (χ4n) is 2.19.